The molecule has 0 saturated carbocycles. The molecule has 1 saturated heterocycles. The largest absolute Gasteiger partial charge is 0.445 e. The third-order valence-corrected chi connectivity index (χ3v) is 4.13. The second-order valence-corrected chi connectivity index (χ2v) is 6.04. The Balaban J connectivity index is 1.67. The van der Waals surface area contributed by atoms with E-state index in [-0.39, 0.29) is 24.6 Å². The highest BCUT2D eigenvalue weighted by Gasteiger charge is 2.24. The van der Waals surface area contributed by atoms with Crippen LogP contribution in [0, 0.1) is 0 Å². The first-order valence-electron chi connectivity index (χ1n) is 8.00. The molecule has 0 radical (unpaired) electrons. The molecule has 1 aliphatic heterocycles. The molecule has 6 heteroatoms. The maximum atomic E-state index is 12.0. The Labute approximate surface area is 141 Å². The molecule has 1 N–H and O–H groups in total. The number of nitrogens with one attached hydrogen (secondary N) is 1. The predicted octanol–water partition coefficient (Wildman–Crippen LogP) is 2.92. The van der Waals surface area contributed by atoms with E-state index in [1.54, 1.807) is 4.90 Å². The van der Waals surface area contributed by atoms with E-state index in [1.807, 2.05) is 30.3 Å². The van der Waals surface area contributed by atoms with Gasteiger partial charge in [0.1, 0.15) is 6.61 Å². The zero-order valence-electron chi connectivity index (χ0n) is 13.2. The van der Waals surface area contributed by atoms with Gasteiger partial charge in [-0.1, -0.05) is 30.3 Å². The summed E-state index contributed by atoms with van der Waals surface area (Å²) in [5.41, 5.74) is 0.974. The second kappa shape index (κ2) is 9.40. The lowest BCUT2D eigenvalue weighted by Crippen LogP contribution is -2.46. The quantitative estimate of drug-likeness (QED) is 0.811. The van der Waals surface area contributed by atoms with Crippen molar-refractivity contribution in [2.75, 3.05) is 19.0 Å². The Morgan fingerprint density at radius 1 is 1.22 bits per heavy atom. The van der Waals surface area contributed by atoms with Crippen molar-refractivity contribution in [3.63, 3.8) is 0 Å². The molecule has 126 valence electrons. The highest BCUT2D eigenvalue weighted by Crippen LogP contribution is 2.13. The van der Waals surface area contributed by atoms with Gasteiger partial charge in [-0.25, -0.2) is 4.79 Å². The maximum Gasteiger partial charge on any atom is 0.410 e. The van der Waals surface area contributed by atoms with Gasteiger partial charge in [0.15, 0.2) is 0 Å². The minimum atomic E-state index is -0.291. The van der Waals surface area contributed by atoms with Gasteiger partial charge in [-0.15, -0.1) is 11.6 Å². The van der Waals surface area contributed by atoms with Crippen molar-refractivity contribution in [1.82, 2.24) is 10.2 Å². The van der Waals surface area contributed by atoms with Crippen LogP contribution in [0.2, 0.25) is 0 Å². The zero-order valence-corrected chi connectivity index (χ0v) is 13.9. The number of likely N-dealkylation sites (tertiary alicyclic amines) is 1. The van der Waals surface area contributed by atoms with Crippen molar-refractivity contribution in [2.45, 2.75) is 38.3 Å². The van der Waals surface area contributed by atoms with E-state index in [1.165, 1.54) is 0 Å². The first-order chi connectivity index (χ1) is 11.2. The molecule has 2 rings (SSSR count). The number of alkyl halides is 1. The van der Waals surface area contributed by atoms with Crippen molar-refractivity contribution >= 4 is 23.6 Å². The number of nitrogens with zero attached hydrogens (tertiary/aromatic N) is 1. The first kappa shape index (κ1) is 17.6. The van der Waals surface area contributed by atoms with Gasteiger partial charge in [0.05, 0.1) is 0 Å². The Morgan fingerprint density at radius 3 is 2.57 bits per heavy atom. The number of amides is 2. The molecule has 1 aromatic rings. The van der Waals surface area contributed by atoms with Crippen LogP contribution in [0.15, 0.2) is 30.3 Å². The van der Waals surface area contributed by atoms with Gasteiger partial charge in [0.25, 0.3) is 0 Å². The Hall–Kier alpha value is -1.75. The monoisotopic (exact) mass is 338 g/mol. The minimum absolute atomic E-state index is 0.0377. The molecule has 0 unspecified atom stereocenters. The van der Waals surface area contributed by atoms with E-state index in [4.69, 9.17) is 16.3 Å². The normalized spacial score (nSPS) is 15.3. The zero-order chi connectivity index (χ0) is 16.5. The molecule has 0 spiro atoms. The fourth-order valence-electron chi connectivity index (χ4n) is 2.54. The average molecular weight is 339 g/mol. The molecule has 5 nitrogen and oxygen atoms in total. The highest BCUT2D eigenvalue weighted by atomic mass is 35.5. The lowest BCUT2D eigenvalue weighted by atomic mass is 10.1. The molecule has 1 aromatic carbocycles. The van der Waals surface area contributed by atoms with Crippen molar-refractivity contribution in [1.29, 1.82) is 0 Å². The highest BCUT2D eigenvalue weighted by molar-refractivity contribution is 6.17. The Morgan fingerprint density at radius 2 is 1.91 bits per heavy atom. The van der Waals surface area contributed by atoms with Crippen LogP contribution in [0.1, 0.15) is 31.2 Å². The van der Waals surface area contributed by atoms with Crippen LogP contribution in [0.25, 0.3) is 0 Å². The van der Waals surface area contributed by atoms with Crippen LogP contribution in [0.5, 0.6) is 0 Å². The SMILES string of the molecule is O=C(CCCCl)NC1CCN(C(=O)OCc2ccccc2)CC1. The van der Waals surface area contributed by atoms with Crippen molar-refractivity contribution in [3.8, 4) is 0 Å². The fourth-order valence-corrected chi connectivity index (χ4v) is 2.68. The molecule has 2 amide bonds. The first-order valence-corrected chi connectivity index (χ1v) is 8.53. The third kappa shape index (κ3) is 6.10. The van der Waals surface area contributed by atoms with Gasteiger partial charge < -0.3 is 15.0 Å². The summed E-state index contributed by atoms with van der Waals surface area (Å²) in [4.78, 5) is 25.4. The molecule has 0 aromatic heterocycles. The van der Waals surface area contributed by atoms with E-state index in [0.717, 1.165) is 18.4 Å². The summed E-state index contributed by atoms with van der Waals surface area (Å²) in [5.74, 6) is 0.537. The van der Waals surface area contributed by atoms with Gasteiger partial charge in [-0.3, -0.25) is 4.79 Å². The summed E-state index contributed by atoms with van der Waals surface area (Å²) in [6.45, 7) is 1.50. The maximum absolute atomic E-state index is 12.0. The summed E-state index contributed by atoms with van der Waals surface area (Å²) < 4.78 is 5.32. The number of ether oxygens (including phenoxy) is 1. The van der Waals surface area contributed by atoms with Crippen LogP contribution in [-0.2, 0) is 16.1 Å². The lowest BCUT2D eigenvalue weighted by molar-refractivity contribution is -0.122. The molecule has 0 atom stereocenters. The van der Waals surface area contributed by atoms with Gasteiger partial charge >= 0.3 is 6.09 Å². The molecule has 1 fully saturated rings. The number of halogens is 1. The van der Waals surface area contributed by atoms with Crippen molar-refractivity contribution in [2.24, 2.45) is 0 Å². The molecule has 1 aliphatic rings. The fraction of sp³-hybridized carbons (Fsp3) is 0.529. The summed E-state index contributed by atoms with van der Waals surface area (Å²) >= 11 is 5.58. The smallest absolute Gasteiger partial charge is 0.410 e. The van der Waals surface area contributed by atoms with Gasteiger partial charge in [0.2, 0.25) is 5.91 Å². The van der Waals surface area contributed by atoms with Crippen LogP contribution in [0.3, 0.4) is 0 Å². The van der Waals surface area contributed by atoms with E-state index < -0.39 is 0 Å². The number of piperidine rings is 1. The summed E-state index contributed by atoms with van der Waals surface area (Å²) in [5, 5.41) is 2.99. The topological polar surface area (TPSA) is 58.6 Å². The molecular formula is C17H23ClN2O3. The number of hydrogen-bond acceptors (Lipinski definition) is 3. The van der Waals surface area contributed by atoms with E-state index in [2.05, 4.69) is 5.32 Å². The third-order valence-electron chi connectivity index (χ3n) is 3.86. The molecule has 0 bridgehead atoms. The van der Waals surface area contributed by atoms with E-state index in [0.29, 0.717) is 31.8 Å². The molecular weight excluding hydrogens is 316 g/mol. The molecule has 1 heterocycles. The Kier molecular flexibility index (Phi) is 7.20. The predicted molar refractivity (Wildman–Crippen MR) is 89.3 cm³/mol. The standard InChI is InChI=1S/C17H23ClN2O3/c18-10-4-7-16(21)19-15-8-11-20(12-9-15)17(22)23-13-14-5-2-1-3-6-14/h1-3,5-6,15H,4,7-13H2,(H,19,21). The summed E-state index contributed by atoms with van der Waals surface area (Å²) in [6.07, 6.45) is 2.38. The van der Waals surface area contributed by atoms with Crippen LogP contribution >= 0.6 is 11.6 Å². The second-order valence-electron chi connectivity index (χ2n) is 5.66. The summed E-state index contributed by atoms with van der Waals surface area (Å²) in [6, 6.07) is 9.75. The number of hydrogen-bond donors (Lipinski definition) is 1. The van der Waals surface area contributed by atoms with Crippen molar-refractivity contribution < 1.29 is 14.3 Å². The Bertz CT molecular complexity index is 502. The van der Waals surface area contributed by atoms with E-state index in [9.17, 15) is 9.59 Å². The van der Waals surface area contributed by atoms with Crippen molar-refractivity contribution in [3.05, 3.63) is 35.9 Å². The number of benzene rings is 1. The van der Waals surface area contributed by atoms with Crippen LogP contribution in [-0.4, -0.2) is 41.9 Å². The molecule has 0 aliphatic carbocycles. The van der Waals surface area contributed by atoms with Gasteiger partial charge in [0, 0.05) is 31.4 Å². The number of carbonyl (C=O) groups excluding carboxylic acids is 2. The van der Waals surface area contributed by atoms with Crippen LogP contribution < -0.4 is 5.32 Å². The van der Waals surface area contributed by atoms with Gasteiger partial charge in [-0.05, 0) is 24.8 Å². The van der Waals surface area contributed by atoms with Crippen LogP contribution in [0.4, 0.5) is 4.79 Å². The molecule has 23 heavy (non-hydrogen) atoms. The number of rotatable bonds is 6. The van der Waals surface area contributed by atoms with Gasteiger partial charge in [-0.2, -0.15) is 0 Å². The lowest BCUT2D eigenvalue weighted by Gasteiger charge is -2.31. The summed E-state index contributed by atoms with van der Waals surface area (Å²) in [7, 11) is 0. The number of carbonyl (C=O) groups is 2. The van der Waals surface area contributed by atoms with E-state index >= 15 is 0 Å². The minimum Gasteiger partial charge on any atom is -0.445 e. The average Bonchev–Trinajstić information content (AvgIpc) is 2.59.